The van der Waals surface area contributed by atoms with Crippen LogP contribution < -0.4 is 0 Å². The van der Waals surface area contributed by atoms with Gasteiger partial charge in [0.05, 0.1) is 18.5 Å². The minimum absolute atomic E-state index is 0.0233. The van der Waals surface area contributed by atoms with E-state index >= 15 is 0 Å². The lowest BCUT2D eigenvalue weighted by Gasteiger charge is -2.34. The zero-order chi connectivity index (χ0) is 18.4. The van der Waals surface area contributed by atoms with Crippen molar-refractivity contribution in [2.24, 2.45) is 5.92 Å². The Kier molecular flexibility index (Phi) is 6.19. The number of amides is 2. The highest BCUT2D eigenvalue weighted by Gasteiger charge is 2.31. The SMILES string of the molecule is C#CCN(CC#N)C(=O)[C@H]1CCCN(C(=O)c2cc(C)cc(C)c2)C1. The standard InChI is InChI=1S/C20H23N3O2/c1-4-8-22(10-7-21)19(24)17-6-5-9-23(14-17)20(25)18-12-15(2)11-16(3)13-18/h1,11-13,17H,5-6,8-10,14H2,2-3H3/t17-/m0/s1. The molecule has 0 saturated carbocycles. The Hall–Kier alpha value is -2.79. The molecule has 1 heterocycles. The summed E-state index contributed by atoms with van der Waals surface area (Å²) in [5, 5.41) is 8.87. The van der Waals surface area contributed by atoms with Gasteiger partial charge >= 0.3 is 0 Å². The van der Waals surface area contributed by atoms with E-state index in [4.69, 9.17) is 11.7 Å². The molecule has 2 rings (SSSR count). The van der Waals surface area contributed by atoms with Gasteiger partial charge in [0.15, 0.2) is 0 Å². The number of likely N-dealkylation sites (tertiary alicyclic amines) is 1. The molecule has 5 nitrogen and oxygen atoms in total. The highest BCUT2D eigenvalue weighted by Crippen LogP contribution is 2.21. The van der Waals surface area contributed by atoms with Crippen LogP contribution in [0.25, 0.3) is 0 Å². The Labute approximate surface area is 149 Å². The first kappa shape index (κ1) is 18.5. The normalized spacial score (nSPS) is 16.6. The Morgan fingerprint density at radius 2 is 1.96 bits per heavy atom. The van der Waals surface area contributed by atoms with E-state index in [1.54, 1.807) is 4.90 Å². The number of benzene rings is 1. The lowest BCUT2D eigenvalue weighted by Crippen LogP contribution is -2.47. The number of carbonyl (C=O) groups is 2. The van der Waals surface area contributed by atoms with Crippen LogP contribution in [-0.4, -0.2) is 47.8 Å². The summed E-state index contributed by atoms with van der Waals surface area (Å²) in [4.78, 5) is 28.6. The fraction of sp³-hybridized carbons (Fsp3) is 0.450. The Bertz CT molecular complexity index is 706. The van der Waals surface area contributed by atoms with Crippen LogP contribution in [0.4, 0.5) is 0 Å². The van der Waals surface area contributed by atoms with Gasteiger partial charge in [0, 0.05) is 18.7 Å². The predicted octanol–water partition coefficient (Wildman–Crippen LogP) is 2.14. The first-order valence-corrected chi connectivity index (χ1v) is 8.43. The van der Waals surface area contributed by atoms with Crippen molar-refractivity contribution in [2.45, 2.75) is 26.7 Å². The third kappa shape index (κ3) is 4.61. The molecule has 1 aliphatic rings. The summed E-state index contributed by atoms with van der Waals surface area (Å²) in [6, 6.07) is 7.75. The van der Waals surface area contributed by atoms with Crippen molar-refractivity contribution < 1.29 is 9.59 Å². The van der Waals surface area contributed by atoms with Crippen molar-refractivity contribution in [1.29, 1.82) is 5.26 Å². The molecule has 0 spiro atoms. The van der Waals surface area contributed by atoms with Crippen molar-refractivity contribution in [3.05, 3.63) is 34.9 Å². The van der Waals surface area contributed by atoms with Crippen LogP contribution in [0.1, 0.15) is 34.3 Å². The zero-order valence-corrected chi connectivity index (χ0v) is 14.8. The maximum atomic E-state index is 12.8. The average molecular weight is 337 g/mol. The van der Waals surface area contributed by atoms with Crippen molar-refractivity contribution >= 4 is 11.8 Å². The lowest BCUT2D eigenvalue weighted by atomic mass is 9.95. The quantitative estimate of drug-likeness (QED) is 0.624. The number of carbonyl (C=O) groups excluding carboxylic acids is 2. The second kappa shape index (κ2) is 8.35. The molecule has 1 aliphatic heterocycles. The fourth-order valence-corrected chi connectivity index (χ4v) is 3.31. The molecule has 0 aliphatic carbocycles. The predicted molar refractivity (Wildman–Crippen MR) is 95.6 cm³/mol. The second-order valence-corrected chi connectivity index (χ2v) is 6.52. The van der Waals surface area contributed by atoms with Gasteiger partial charge in [-0.05, 0) is 38.8 Å². The van der Waals surface area contributed by atoms with Crippen LogP contribution in [0.3, 0.4) is 0 Å². The van der Waals surface area contributed by atoms with Crippen LogP contribution in [0.5, 0.6) is 0 Å². The van der Waals surface area contributed by atoms with Crippen LogP contribution in [0.15, 0.2) is 18.2 Å². The van der Waals surface area contributed by atoms with E-state index in [0.29, 0.717) is 25.1 Å². The largest absolute Gasteiger partial charge is 0.338 e. The summed E-state index contributed by atoms with van der Waals surface area (Å²) in [6.45, 7) is 5.04. The number of rotatable bonds is 4. The van der Waals surface area contributed by atoms with Gasteiger partial charge in [-0.15, -0.1) is 6.42 Å². The van der Waals surface area contributed by atoms with Gasteiger partial charge in [0.25, 0.3) is 5.91 Å². The lowest BCUT2D eigenvalue weighted by molar-refractivity contribution is -0.135. The summed E-state index contributed by atoms with van der Waals surface area (Å²) < 4.78 is 0. The number of nitriles is 1. The summed E-state index contributed by atoms with van der Waals surface area (Å²) in [6.07, 6.45) is 6.77. The Morgan fingerprint density at radius 3 is 2.56 bits per heavy atom. The molecule has 0 unspecified atom stereocenters. The summed E-state index contributed by atoms with van der Waals surface area (Å²) >= 11 is 0. The van der Waals surface area contributed by atoms with E-state index in [-0.39, 0.29) is 30.8 Å². The minimum Gasteiger partial charge on any atom is -0.338 e. The maximum absolute atomic E-state index is 12.8. The van der Waals surface area contributed by atoms with Gasteiger partial charge in [-0.2, -0.15) is 5.26 Å². The number of aryl methyl sites for hydroxylation is 2. The second-order valence-electron chi connectivity index (χ2n) is 6.52. The van der Waals surface area contributed by atoms with Crippen molar-refractivity contribution in [3.8, 4) is 18.4 Å². The molecule has 0 bridgehead atoms. The smallest absolute Gasteiger partial charge is 0.253 e. The van der Waals surface area contributed by atoms with E-state index in [2.05, 4.69) is 5.92 Å². The topological polar surface area (TPSA) is 64.4 Å². The molecule has 5 heteroatoms. The van der Waals surface area contributed by atoms with Gasteiger partial charge in [0.1, 0.15) is 6.54 Å². The summed E-state index contributed by atoms with van der Waals surface area (Å²) in [7, 11) is 0. The molecule has 130 valence electrons. The Morgan fingerprint density at radius 1 is 1.28 bits per heavy atom. The fourth-order valence-electron chi connectivity index (χ4n) is 3.31. The molecule has 1 atom stereocenters. The molecule has 1 aromatic carbocycles. The summed E-state index contributed by atoms with van der Waals surface area (Å²) in [5.41, 5.74) is 2.74. The van der Waals surface area contributed by atoms with E-state index in [1.165, 1.54) is 4.90 Å². The van der Waals surface area contributed by atoms with Crippen LogP contribution >= 0.6 is 0 Å². The average Bonchev–Trinajstić information content (AvgIpc) is 2.59. The molecule has 0 radical (unpaired) electrons. The molecule has 1 fully saturated rings. The molecule has 0 N–H and O–H groups in total. The van der Waals surface area contributed by atoms with Crippen molar-refractivity contribution in [1.82, 2.24) is 9.80 Å². The first-order valence-electron chi connectivity index (χ1n) is 8.43. The highest BCUT2D eigenvalue weighted by molar-refractivity contribution is 5.95. The number of hydrogen-bond acceptors (Lipinski definition) is 3. The third-order valence-electron chi connectivity index (χ3n) is 4.38. The number of hydrogen-bond donors (Lipinski definition) is 0. The van der Waals surface area contributed by atoms with Crippen LogP contribution in [-0.2, 0) is 4.79 Å². The molecule has 0 aromatic heterocycles. The molecule has 25 heavy (non-hydrogen) atoms. The molecule has 1 aromatic rings. The van der Waals surface area contributed by atoms with E-state index in [1.807, 2.05) is 38.1 Å². The molecular formula is C20H23N3O2. The summed E-state index contributed by atoms with van der Waals surface area (Å²) in [5.74, 6) is 1.93. The number of terminal acetylenes is 1. The zero-order valence-electron chi connectivity index (χ0n) is 14.8. The third-order valence-corrected chi connectivity index (χ3v) is 4.38. The monoisotopic (exact) mass is 337 g/mol. The van der Waals surface area contributed by atoms with Gasteiger partial charge in [-0.3, -0.25) is 9.59 Å². The number of piperidine rings is 1. The minimum atomic E-state index is -0.301. The van der Waals surface area contributed by atoms with E-state index in [9.17, 15) is 9.59 Å². The van der Waals surface area contributed by atoms with Crippen LogP contribution in [0.2, 0.25) is 0 Å². The van der Waals surface area contributed by atoms with Gasteiger partial charge in [-0.1, -0.05) is 23.1 Å². The van der Waals surface area contributed by atoms with E-state index in [0.717, 1.165) is 17.5 Å². The molecular weight excluding hydrogens is 314 g/mol. The highest BCUT2D eigenvalue weighted by atomic mass is 16.2. The number of nitrogens with zero attached hydrogens (tertiary/aromatic N) is 3. The van der Waals surface area contributed by atoms with Gasteiger partial charge in [0.2, 0.25) is 5.91 Å². The Balaban J connectivity index is 2.12. The van der Waals surface area contributed by atoms with Gasteiger partial charge in [-0.25, -0.2) is 0 Å². The van der Waals surface area contributed by atoms with Crippen molar-refractivity contribution in [2.75, 3.05) is 26.2 Å². The van der Waals surface area contributed by atoms with E-state index < -0.39 is 0 Å². The van der Waals surface area contributed by atoms with Crippen molar-refractivity contribution in [3.63, 3.8) is 0 Å². The molecule has 1 saturated heterocycles. The first-order chi connectivity index (χ1) is 12.0. The maximum Gasteiger partial charge on any atom is 0.253 e. The van der Waals surface area contributed by atoms with Crippen LogP contribution in [0, 0.1) is 43.4 Å². The molecule has 2 amide bonds. The van der Waals surface area contributed by atoms with Gasteiger partial charge < -0.3 is 9.80 Å².